The maximum atomic E-state index is 12.1. The van der Waals surface area contributed by atoms with Gasteiger partial charge in [-0.1, -0.05) is 28.3 Å². The van der Waals surface area contributed by atoms with E-state index in [2.05, 4.69) is 25.2 Å². The molecule has 2 aromatic rings. The zero-order chi connectivity index (χ0) is 23.1. The van der Waals surface area contributed by atoms with E-state index in [1.165, 1.54) is 6.07 Å². The molecule has 1 radical (unpaired) electrons. The Morgan fingerprint density at radius 2 is 2.06 bits per heavy atom. The minimum Gasteiger partial charge on any atom is -0.484 e. The van der Waals surface area contributed by atoms with Gasteiger partial charge in [0, 0.05) is 12.2 Å². The molecule has 3 rings (SSSR count). The molecule has 175 valence electrons. The molecule has 0 bridgehead atoms. The van der Waals surface area contributed by atoms with E-state index < -0.39 is 21.9 Å². The second-order valence-electron chi connectivity index (χ2n) is 6.54. The maximum absolute atomic E-state index is 12.1. The lowest BCUT2D eigenvalue weighted by atomic mass is 10.2. The number of halogens is 5. The van der Waals surface area contributed by atoms with Crippen molar-refractivity contribution in [2.45, 2.75) is 24.9 Å². The molecule has 9 nitrogen and oxygen atoms in total. The van der Waals surface area contributed by atoms with E-state index in [0.29, 0.717) is 28.4 Å². The Hall–Kier alpha value is -2.06. The van der Waals surface area contributed by atoms with Crippen LogP contribution in [0.4, 0.5) is 13.2 Å². The first-order chi connectivity index (χ1) is 15.2. The predicted octanol–water partition coefficient (Wildman–Crippen LogP) is 3.05. The summed E-state index contributed by atoms with van der Waals surface area (Å²) in [6.45, 7) is -1.23. The van der Waals surface area contributed by atoms with Gasteiger partial charge in [-0.25, -0.2) is 0 Å². The molecule has 0 spiro atoms. The van der Waals surface area contributed by atoms with E-state index in [-0.39, 0.29) is 37.1 Å². The van der Waals surface area contributed by atoms with Crippen molar-refractivity contribution in [3.05, 3.63) is 34.1 Å². The van der Waals surface area contributed by atoms with E-state index in [1.807, 2.05) is 0 Å². The average Bonchev–Trinajstić information content (AvgIpc) is 3.21. The third kappa shape index (κ3) is 7.81. The van der Waals surface area contributed by atoms with Crippen LogP contribution in [-0.4, -0.2) is 57.4 Å². The number of aromatic nitrogens is 2. The Morgan fingerprint density at radius 1 is 1.25 bits per heavy atom. The molecule has 1 amide bonds. The van der Waals surface area contributed by atoms with Crippen LogP contribution in [0.15, 0.2) is 22.6 Å². The number of rotatable bonds is 9. The average molecular weight is 514 g/mol. The monoisotopic (exact) mass is 513 g/mol. The topological polar surface area (TPSA) is 108 Å². The first kappa shape index (κ1) is 24.6. The molecule has 1 fully saturated rings. The van der Waals surface area contributed by atoms with Crippen LogP contribution in [0, 0.1) is 0 Å². The van der Waals surface area contributed by atoms with E-state index in [9.17, 15) is 18.0 Å². The molecule has 1 saturated heterocycles. The molecule has 1 aromatic heterocycles. The van der Waals surface area contributed by atoms with Gasteiger partial charge in [0.15, 0.2) is 15.6 Å². The van der Waals surface area contributed by atoms with Crippen LogP contribution in [0.1, 0.15) is 18.4 Å². The summed E-state index contributed by atoms with van der Waals surface area (Å²) in [6, 6.07) is 5.22. The molecule has 0 aliphatic carbocycles. The van der Waals surface area contributed by atoms with Crippen LogP contribution in [-0.2, 0) is 9.53 Å². The Balaban J connectivity index is 1.36. The summed E-state index contributed by atoms with van der Waals surface area (Å²) in [7, 11) is -1.21. The van der Waals surface area contributed by atoms with Crippen LogP contribution in [0.2, 0.25) is 16.1 Å². The Labute approximate surface area is 192 Å². The summed E-state index contributed by atoms with van der Waals surface area (Å²) in [5, 5.41) is 11.4. The molecule has 15 heteroatoms. The highest BCUT2D eigenvalue weighted by molar-refractivity contribution is 6.59. The molecule has 32 heavy (non-hydrogen) atoms. The summed E-state index contributed by atoms with van der Waals surface area (Å²) in [5.74, 6) is 0.444. The van der Waals surface area contributed by atoms with Crippen molar-refractivity contribution in [3.8, 4) is 11.8 Å². The highest BCUT2D eigenvalue weighted by Crippen LogP contribution is 2.26. The maximum Gasteiger partial charge on any atom is 0.522 e. The van der Waals surface area contributed by atoms with Gasteiger partial charge in [0.25, 0.3) is 0 Å². The van der Waals surface area contributed by atoms with Gasteiger partial charge in [0.05, 0.1) is 22.7 Å². The van der Waals surface area contributed by atoms with Crippen LogP contribution >= 0.6 is 23.2 Å². The van der Waals surface area contributed by atoms with Crippen molar-refractivity contribution in [1.82, 2.24) is 20.5 Å². The van der Waals surface area contributed by atoms with Crippen molar-refractivity contribution < 1.29 is 36.6 Å². The molecule has 1 aromatic carbocycles. The molecule has 0 saturated carbocycles. The SMILES string of the molecule is O=C(COc1ccc(Cl)c(Cl)c1)N[Si]1CC[C@H](c2nnc(OCCOC(F)(F)F)o2)NC1. The van der Waals surface area contributed by atoms with E-state index >= 15 is 0 Å². The molecule has 1 aliphatic rings. The second-order valence-corrected chi connectivity index (χ2v) is 9.66. The number of hydrogen-bond acceptors (Lipinski definition) is 8. The Morgan fingerprint density at radius 3 is 2.75 bits per heavy atom. The minimum atomic E-state index is -4.72. The van der Waals surface area contributed by atoms with E-state index in [4.69, 9.17) is 37.1 Å². The quantitative estimate of drug-likeness (QED) is 0.389. The first-order valence-electron chi connectivity index (χ1n) is 9.32. The van der Waals surface area contributed by atoms with Crippen LogP contribution in [0.25, 0.3) is 0 Å². The third-order valence-corrected chi connectivity index (χ3v) is 7.06. The number of hydrogen-bond donors (Lipinski definition) is 2. The highest BCUT2D eigenvalue weighted by Gasteiger charge is 2.30. The van der Waals surface area contributed by atoms with Crippen LogP contribution in [0.3, 0.4) is 0 Å². The Kier molecular flexibility index (Phi) is 8.59. The summed E-state index contributed by atoms with van der Waals surface area (Å²) in [4.78, 5) is 15.1. The lowest BCUT2D eigenvalue weighted by molar-refractivity contribution is -0.325. The largest absolute Gasteiger partial charge is 0.522 e. The van der Waals surface area contributed by atoms with Crippen LogP contribution in [0.5, 0.6) is 11.8 Å². The zero-order valence-corrected chi connectivity index (χ0v) is 18.9. The van der Waals surface area contributed by atoms with Gasteiger partial charge in [-0.2, -0.15) is 0 Å². The highest BCUT2D eigenvalue weighted by atomic mass is 35.5. The van der Waals surface area contributed by atoms with Crippen molar-refractivity contribution in [3.63, 3.8) is 0 Å². The van der Waals surface area contributed by atoms with Gasteiger partial charge in [-0.15, -0.1) is 18.3 Å². The number of ether oxygens (including phenoxy) is 3. The normalized spacial score (nSPS) is 17.2. The number of nitrogens with one attached hydrogen (secondary N) is 2. The van der Waals surface area contributed by atoms with E-state index in [0.717, 1.165) is 6.04 Å². The summed E-state index contributed by atoms with van der Waals surface area (Å²) in [6.07, 6.45) is -3.79. The summed E-state index contributed by atoms with van der Waals surface area (Å²) in [5.41, 5.74) is 0. The fraction of sp³-hybridized carbons (Fsp3) is 0.471. The Bertz CT molecular complexity index is 913. The summed E-state index contributed by atoms with van der Waals surface area (Å²) < 4.78 is 55.0. The number of amides is 1. The van der Waals surface area contributed by atoms with E-state index in [1.54, 1.807) is 12.1 Å². The molecule has 1 aliphatic heterocycles. The number of benzene rings is 1. The van der Waals surface area contributed by atoms with Crippen molar-refractivity contribution in [2.75, 3.05) is 26.0 Å². The van der Waals surface area contributed by atoms with Crippen LogP contribution < -0.4 is 19.8 Å². The molecule has 1 atom stereocenters. The van der Waals surface area contributed by atoms with Gasteiger partial charge in [0.1, 0.15) is 12.4 Å². The third-order valence-electron chi connectivity index (χ3n) is 4.17. The smallest absolute Gasteiger partial charge is 0.484 e. The van der Waals surface area contributed by atoms with Crippen molar-refractivity contribution >= 4 is 38.1 Å². The minimum absolute atomic E-state index is 0.155. The lowest BCUT2D eigenvalue weighted by Gasteiger charge is -2.26. The fourth-order valence-electron chi connectivity index (χ4n) is 2.73. The van der Waals surface area contributed by atoms with Gasteiger partial charge in [0.2, 0.25) is 11.8 Å². The number of carbonyl (C=O) groups is 1. The first-order valence-corrected chi connectivity index (χ1v) is 12.0. The molecular formula is C17H18Cl2F3N4O5Si. The van der Waals surface area contributed by atoms with Crippen molar-refractivity contribution in [2.24, 2.45) is 0 Å². The predicted molar refractivity (Wildman–Crippen MR) is 108 cm³/mol. The van der Waals surface area contributed by atoms with Gasteiger partial charge >= 0.3 is 12.4 Å². The molecule has 2 N–H and O–H groups in total. The molecule has 0 unspecified atom stereocenters. The number of carbonyl (C=O) groups excluding carboxylic acids is 1. The number of nitrogens with zero attached hydrogens (tertiary/aromatic N) is 2. The van der Waals surface area contributed by atoms with Gasteiger partial charge in [-0.3, -0.25) is 9.53 Å². The number of alkyl halides is 3. The zero-order valence-electron chi connectivity index (χ0n) is 16.4. The molecule has 2 heterocycles. The fourth-order valence-corrected chi connectivity index (χ4v) is 5.00. The van der Waals surface area contributed by atoms with Gasteiger partial charge < -0.3 is 24.2 Å². The van der Waals surface area contributed by atoms with Crippen molar-refractivity contribution in [1.29, 1.82) is 0 Å². The second kappa shape index (κ2) is 11.2. The standard InChI is InChI=1S/C17H18Cl2F3N4O5Si/c18-11-2-1-10(7-12(11)19)29-8-14(27)26-32-6-3-13(23-9-32)15-24-25-16(31-15)28-4-5-30-17(20,21)22/h1-2,7,13,23H,3-6,8-9H2,(H,26,27)/t13-/m1/s1. The van der Waals surface area contributed by atoms with Gasteiger partial charge in [-0.05, 0) is 24.6 Å². The summed E-state index contributed by atoms with van der Waals surface area (Å²) >= 11 is 11.7. The lowest BCUT2D eigenvalue weighted by Crippen LogP contribution is -2.51. The molecular weight excluding hydrogens is 496 g/mol.